The van der Waals surface area contributed by atoms with E-state index in [0.29, 0.717) is 48.7 Å². The van der Waals surface area contributed by atoms with Gasteiger partial charge in [-0.25, -0.2) is 23.1 Å². The topological polar surface area (TPSA) is 137 Å². The van der Waals surface area contributed by atoms with Crippen molar-refractivity contribution >= 4 is 27.6 Å². The van der Waals surface area contributed by atoms with Gasteiger partial charge in [0.2, 0.25) is 0 Å². The molecule has 0 saturated carbocycles. The van der Waals surface area contributed by atoms with Gasteiger partial charge in [0.15, 0.2) is 11.5 Å². The molecule has 37 heavy (non-hydrogen) atoms. The molecule has 0 unspecified atom stereocenters. The number of fused-ring (bicyclic) bond motifs is 1. The molecule has 11 heteroatoms. The molecule has 0 aliphatic carbocycles. The Morgan fingerprint density at radius 3 is 2.59 bits per heavy atom. The number of carbonyl (C=O) groups excluding carboxylic acids is 1. The van der Waals surface area contributed by atoms with E-state index in [1.165, 1.54) is 18.3 Å². The van der Waals surface area contributed by atoms with Crippen LogP contribution >= 0.6 is 0 Å². The van der Waals surface area contributed by atoms with E-state index in [9.17, 15) is 13.2 Å². The van der Waals surface area contributed by atoms with Crippen LogP contribution in [0, 0.1) is 5.92 Å². The van der Waals surface area contributed by atoms with Crippen LogP contribution in [0.5, 0.6) is 11.5 Å². The number of amides is 1. The molecule has 2 aliphatic heterocycles. The average Bonchev–Trinajstić information content (AvgIpc) is 3.14. The molecule has 2 aliphatic rings. The van der Waals surface area contributed by atoms with Crippen LogP contribution < -0.4 is 24.8 Å². The number of hydrogen-bond donors (Lipinski definition) is 2. The molecule has 3 N–H and O–H groups in total. The lowest BCUT2D eigenvalue weighted by atomic mass is 9.97. The van der Waals surface area contributed by atoms with Gasteiger partial charge in [0.05, 0.1) is 11.3 Å². The van der Waals surface area contributed by atoms with Gasteiger partial charge in [-0.05, 0) is 68.7 Å². The molecule has 0 spiro atoms. The lowest BCUT2D eigenvalue weighted by molar-refractivity contribution is 0.0981. The van der Waals surface area contributed by atoms with Crippen LogP contribution in [0.15, 0.2) is 53.6 Å². The van der Waals surface area contributed by atoms with E-state index in [1.54, 1.807) is 12.1 Å². The van der Waals surface area contributed by atoms with E-state index in [0.717, 1.165) is 12.0 Å². The van der Waals surface area contributed by atoms with E-state index >= 15 is 0 Å². The zero-order valence-electron chi connectivity index (χ0n) is 20.9. The number of pyridine rings is 2. The van der Waals surface area contributed by atoms with Gasteiger partial charge in [-0.15, -0.1) is 0 Å². The molecule has 0 radical (unpaired) electrons. The van der Waals surface area contributed by atoms with Gasteiger partial charge in [0.25, 0.3) is 15.9 Å². The fraction of sp³-hybridized carbons (Fsp3) is 0.346. The highest BCUT2D eigenvalue weighted by molar-refractivity contribution is 7.90. The van der Waals surface area contributed by atoms with Gasteiger partial charge in [-0.1, -0.05) is 6.92 Å². The normalized spacial score (nSPS) is 18.5. The third-order valence-corrected chi connectivity index (χ3v) is 7.98. The van der Waals surface area contributed by atoms with Crippen molar-refractivity contribution in [3.05, 3.63) is 54.2 Å². The fourth-order valence-electron chi connectivity index (χ4n) is 5.02. The molecular formula is C26H29N5O5S. The van der Waals surface area contributed by atoms with Gasteiger partial charge in [-0.2, -0.15) is 0 Å². The summed E-state index contributed by atoms with van der Waals surface area (Å²) in [7, 11) is -4.25. The molecule has 1 amide bonds. The number of carbonyl (C=O) groups is 1. The second-order valence-electron chi connectivity index (χ2n) is 9.98. The summed E-state index contributed by atoms with van der Waals surface area (Å²) in [4.78, 5) is 23.9. The van der Waals surface area contributed by atoms with Gasteiger partial charge in [-0.3, -0.25) is 4.79 Å². The van der Waals surface area contributed by atoms with E-state index < -0.39 is 15.9 Å². The first-order valence-electron chi connectivity index (χ1n) is 12.0. The third-order valence-electron chi connectivity index (χ3n) is 6.60. The minimum atomic E-state index is -4.25. The minimum absolute atomic E-state index is 0.148. The van der Waals surface area contributed by atoms with E-state index in [-0.39, 0.29) is 21.8 Å². The van der Waals surface area contributed by atoms with Crippen LogP contribution in [0.2, 0.25) is 0 Å². The Labute approximate surface area is 215 Å². The lowest BCUT2D eigenvalue weighted by Gasteiger charge is -2.34. The Kier molecular flexibility index (Phi) is 6.18. The smallest absolute Gasteiger partial charge is 0.268 e. The number of nitrogens with zero attached hydrogens (tertiary/aromatic N) is 3. The number of anilines is 2. The van der Waals surface area contributed by atoms with Crippen LogP contribution in [0.1, 0.15) is 37.6 Å². The summed E-state index contributed by atoms with van der Waals surface area (Å²) in [5.74, 6) is 1.09. The summed E-state index contributed by atoms with van der Waals surface area (Å²) in [6.07, 6.45) is 2.28. The predicted molar refractivity (Wildman–Crippen MR) is 139 cm³/mol. The molecule has 1 saturated heterocycles. The van der Waals surface area contributed by atoms with Gasteiger partial charge in [0.1, 0.15) is 29.7 Å². The molecule has 3 aromatic rings. The first-order chi connectivity index (χ1) is 17.5. The highest BCUT2D eigenvalue weighted by Crippen LogP contribution is 2.39. The lowest BCUT2D eigenvalue weighted by Crippen LogP contribution is -2.41. The number of benzene rings is 1. The quantitative estimate of drug-likeness (QED) is 0.516. The van der Waals surface area contributed by atoms with E-state index in [2.05, 4.69) is 35.4 Å². The van der Waals surface area contributed by atoms with E-state index in [4.69, 9.17) is 20.2 Å². The van der Waals surface area contributed by atoms with Gasteiger partial charge < -0.3 is 20.1 Å². The largest absolute Gasteiger partial charge is 0.486 e. The maximum absolute atomic E-state index is 13.4. The van der Waals surface area contributed by atoms with Crippen molar-refractivity contribution in [2.75, 3.05) is 30.4 Å². The summed E-state index contributed by atoms with van der Waals surface area (Å²) < 4.78 is 39.4. The number of nitrogens with two attached hydrogens (primary N) is 1. The Bertz CT molecular complexity index is 1470. The van der Waals surface area contributed by atoms with Gasteiger partial charge in [0, 0.05) is 23.8 Å². The maximum Gasteiger partial charge on any atom is 0.268 e. The van der Waals surface area contributed by atoms with Crippen molar-refractivity contribution in [3.8, 4) is 22.8 Å². The summed E-state index contributed by atoms with van der Waals surface area (Å²) in [5, 5.41) is 0. The minimum Gasteiger partial charge on any atom is -0.486 e. The number of sulfonamides is 1. The van der Waals surface area contributed by atoms with Crippen molar-refractivity contribution in [2.24, 2.45) is 5.92 Å². The number of nitrogen functional groups attached to an aromatic ring is 1. The average molecular weight is 524 g/mol. The van der Waals surface area contributed by atoms with E-state index in [1.807, 2.05) is 18.2 Å². The third kappa shape index (κ3) is 4.78. The molecule has 194 valence electrons. The van der Waals surface area contributed by atoms with Crippen LogP contribution in [0.3, 0.4) is 0 Å². The number of rotatable bonds is 5. The number of hydrogen-bond acceptors (Lipinski definition) is 9. The molecular weight excluding hydrogens is 494 g/mol. The number of aromatic nitrogens is 2. The second kappa shape index (κ2) is 9.22. The Balaban J connectivity index is 1.56. The Hall–Kier alpha value is -3.86. The molecule has 2 aromatic heterocycles. The summed E-state index contributed by atoms with van der Waals surface area (Å²) >= 11 is 0. The monoisotopic (exact) mass is 523 g/mol. The first kappa shape index (κ1) is 24.8. The molecule has 1 atom stereocenters. The molecule has 10 nitrogen and oxygen atoms in total. The molecule has 1 aromatic carbocycles. The highest BCUT2D eigenvalue weighted by Gasteiger charge is 2.39. The zero-order chi connectivity index (χ0) is 26.4. The summed E-state index contributed by atoms with van der Waals surface area (Å²) in [6.45, 7) is 7.95. The van der Waals surface area contributed by atoms with Crippen molar-refractivity contribution in [2.45, 2.75) is 37.6 Å². The molecule has 0 bridgehead atoms. The molecule has 5 rings (SSSR count). The number of nitrogens with one attached hydrogen (secondary N) is 1. The summed E-state index contributed by atoms with van der Waals surface area (Å²) in [5.41, 5.74) is 7.02. The van der Waals surface area contributed by atoms with Gasteiger partial charge >= 0.3 is 0 Å². The molecule has 4 heterocycles. The van der Waals surface area contributed by atoms with Crippen LogP contribution in [-0.4, -0.2) is 49.6 Å². The Morgan fingerprint density at radius 1 is 1.14 bits per heavy atom. The van der Waals surface area contributed by atoms with Crippen LogP contribution in [0.4, 0.5) is 11.6 Å². The maximum atomic E-state index is 13.4. The van der Waals surface area contributed by atoms with Crippen molar-refractivity contribution < 1.29 is 22.7 Å². The Morgan fingerprint density at radius 2 is 1.89 bits per heavy atom. The predicted octanol–water partition coefficient (Wildman–Crippen LogP) is 3.24. The van der Waals surface area contributed by atoms with Crippen molar-refractivity contribution in [1.29, 1.82) is 0 Å². The fourth-order valence-corrected chi connectivity index (χ4v) is 6.07. The van der Waals surface area contributed by atoms with Crippen LogP contribution in [-0.2, 0) is 10.0 Å². The summed E-state index contributed by atoms with van der Waals surface area (Å²) in [6, 6.07) is 11.6. The number of ether oxygens (including phenoxy) is 2. The first-order valence-corrected chi connectivity index (χ1v) is 13.5. The highest BCUT2D eigenvalue weighted by atomic mass is 32.2. The van der Waals surface area contributed by atoms with Crippen molar-refractivity contribution in [3.63, 3.8) is 0 Å². The molecule has 1 fully saturated rings. The van der Waals surface area contributed by atoms with Crippen LogP contribution in [0.25, 0.3) is 11.3 Å². The SMILES string of the molecule is C[C@H]1CN(c2nc(-c3ccc4c(c3)OCCO4)ccc2C(=O)NS(=O)(=O)c2cccnc2N)C(C)(C)C1. The zero-order valence-corrected chi connectivity index (χ0v) is 21.7. The van der Waals surface area contributed by atoms with Crippen molar-refractivity contribution in [1.82, 2.24) is 14.7 Å². The second-order valence-corrected chi connectivity index (χ2v) is 11.6. The standard InChI is InChI=1S/C26H29N5O5S/c1-16-14-26(2,3)31(15-16)24-18(25(32)30-37(33,34)22-5-4-10-28-23(22)27)7-8-19(29-24)17-6-9-20-21(13-17)36-12-11-35-20/h4-10,13,16H,11-12,14-15H2,1-3H3,(H2,27,28)(H,30,32)/t16-/m1/s1.